The number of hydrogen-bond acceptors (Lipinski definition) is 6. The fourth-order valence-corrected chi connectivity index (χ4v) is 4.11. The second-order valence-electron chi connectivity index (χ2n) is 6.70. The Balaban J connectivity index is 1.82. The summed E-state index contributed by atoms with van der Waals surface area (Å²) in [6.45, 7) is 2.66. The van der Waals surface area contributed by atoms with E-state index in [1.165, 1.54) is 32.3 Å². The minimum absolute atomic E-state index is 0.0323. The second-order valence-corrected chi connectivity index (χ2v) is 9.63. The third-order valence-electron chi connectivity index (χ3n) is 4.35. The van der Waals surface area contributed by atoms with Crippen molar-refractivity contribution >= 4 is 49.0 Å². The second kappa shape index (κ2) is 9.15. The number of hydrogen-bond donors (Lipinski definition) is 0. The van der Waals surface area contributed by atoms with Gasteiger partial charge in [-0.1, -0.05) is 6.92 Å². The van der Waals surface area contributed by atoms with Crippen LogP contribution in [0.1, 0.15) is 24.9 Å². The van der Waals surface area contributed by atoms with Crippen LogP contribution < -0.4 is 0 Å². The molecule has 0 aliphatic heterocycles. The molecule has 160 valence electrons. The van der Waals surface area contributed by atoms with Gasteiger partial charge in [0.1, 0.15) is 18.2 Å². The lowest BCUT2D eigenvalue weighted by Crippen LogP contribution is -2.22. The number of rotatable bonds is 8. The molecule has 0 saturated carbocycles. The van der Waals surface area contributed by atoms with Crippen molar-refractivity contribution in [2.24, 2.45) is 0 Å². The molecular formula is C20H22BrN3O5S. The van der Waals surface area contributed by atoms with Gasteiger partial charge in [0.2, 0.25) is 10.0 Å². The average molecular weight is 496 g/mol. The summed E-state index contributed by atoms with van der Waals surface area (Å²) in [6.07, 6.45) is 3.64. The van der Waals surface area contributed by atoms with Gasteiger partial charge in [0.05, 0.1) is 15.9 Å². The first-order valence-corrected chi connectivity index (χ1v) is 11.5. The number of carbonyl (C=O) groups is 1. The monoisotopic (exact) mass is 495 g/mol. The van der Waals surface area contributed by atoms with E-state index < -0.39 is 16.0 Å². The normalized spacial score (nSPS) is 12.3. The van der Waals surface area contributed by atoms with Gasteiger partial charge in [-0.15, -0.1) is 0 Å². The number of aryl methyl sites for hydroxylation is 1. The lowest BCUT2D eigenvalue weighted by molar-refractivity contribution is -0.139. The van der Waals surface area contributed by atoms with Gasteiger partial charge in [0.15, 0.2) is 4.67 Å². The maximum atomic E-state index is 12.4. The predicted octanol–water partition coefficient (Wildman–Crippen LogP) is 3.81. The summed E-state index contributed by atoms with van der Waals surface area (Å²) in [4.78, 5) is 16.7. The number of halogens is 1. The minimum Gasteiger partial charge on any atom is -0.454 e. The molecular weight excluding hydrogens is 474 g/mol. The number of carbonyl (C=O) groups excluding carboxylic acids is 1. The maximum absolute atomic E-state index is 12.4. The van der Waals surface area contributed by atoms with Crippen LogP contribution in [0.2, 0.25) is 0 Å². The van der Waals surface area contributed by atoms with Gasteiger partial charge in [0.25, 0.3) is 0 Å². The number of aromatic nitrogens is 2. The maximum Gasteiger partial charge on any atom is 0.331 e. The van der Waals surface area contributed by atoms with E-state index in [9.17, 15) is 13.2 Å². The Hall–Kier alpha value is -2.43. The molecule has 3 aromatic rings. The first kappa shape index (κ1) is 22.3. The van der Waals surface area contributed by atoms with Crippen LogP contribution in [-0.2, 0) is 32.7 Å². The molecule has 0 amide bonds. The molecule has 8 nitrogen and oxygen atoms in total. The molecule has 0 saturated heterocycles. The Bertz CT molecular complexity index is 1190. The van der Waals surface area contributed by atoms with Gasteiger partial charge in [0, 0.05) is 26.7 Å². The van der Waals surface area contributed by atoms with Crippen molar-refractivity contribution in [3.05, 3.63) is 52.7 Å². The highest BCUT2D eigenvalue weighted by molar-refractivity contribution is 9.10. The molecule has 0 fully saturated rings. The lowest BCUT2D eigenvalue weighted by atomic mass is 10.3. The highest BCUT2D eigenvalue weighted by atomic mass is 79.9. The molecule has 0 unspecified atom stereocenters. The fourth-order valence-electron chi connectivity index (χ4n) is 2.87. The standard InChI is InChI=1S/C20H22BrN3O5S/c1-4-11-24-17-8-7-15(30(26,27)23(2)3)12-16(17)22-19(24)13-28-20(25)10-6-14-5-9-18(21)29-14/h5-10,12H,4,11,13H2,1-3H3/b10-6+. The quantitative estimate of drug-likeness (QED) is 0.348. The summed E-state index contributed by atoms with van der Waals surface area (Å²) in [7, 11) is -0.602. The molecule has 2 aromatic heterocycles. The van der Waals surface area contributed by atoms with E-state index in [4.69, 9.17) is 9.15 Å². The zero-order valence-electron chi connectivity index (χ0n) is 16.8. The van der Waals surface area contributed by atoms with E-state index in [0.717, 1.165) is 16.2 Å². The molecule has 0 bridgehead atoms. The number of nitrogens with zero attached hydrogens (tertiary/aromatic N) is 3. The Morgan fingerprint density at radius 3 is 2.70 bits per heavy atom. The lowest BCUT2D eigenvalue weighted by Gasteiger charge is -2.11. The summed E-state index contributed by atoms with van der Waals surface area (Å²) >= 11 is 3.20. The van der Waals surface area contributed by atoms with Crippen molar-refractivity contribution in [2.45, 2.75) is 31.4 Å². The smallest absolute Gasteiger partial charge is 0.331 e. The van der Waals surface area contributed by atoms with Crippen molar-refractivity contribution in [3.8, 4) is 0 Å². The summed E-state index contributed by atoms with van der Waals surface area (Å²) < 4.78 is 39.1. The first-order chi connectivity index (χ1) is 14.2. The van der Waals surface area contributed by atoms with E-state index in [0.29, 0.717) is 28.3 Å². The number of imidazole rings is 1. The Labute approximate surface area is 183 Å². The van der Waals surface area contributed by atoms with E-state index >= 15 is 0 Å². The fraction of sp³-hybridized carbons (Fsp3) is 0.300. The number of fused-ring (bicyclic) bond motifs is 1. The summed E-state index contributed by atoms with van der Waals surface area (Å²) in [5.41, 5.74) is 1.32. The molecule has 2 heterocycles. The van der Waals surface area contributed by atoms with Crippen LogP contribution in [0.25, 0.3) is 17.1 Å². The van der Waals surface area contributed by atoms with Crippen LogP contribution in [0.5, 0.6) is 0 Å². The van der Waals surface area contributed by atoms with Crippen LogP contribution in [-0.4, -0.2) is 42.3 Å². The largest absolute Gasteiger partial charge is 0.454 e. The van der Waals surface area contributed by atoms with Crippen molar-refractivity contribution in [1.82, 2.24) is 13.9 Å². The molecule has 1 aromatic carbocycles. The van der Waals surface area contributed by atoms with Crippen LogP contribution in [0, 0.1) is 0 Å². The Kier molecular flexibility index (Phi) is 6.79. The molecule has 0 spiro atoms. The molecule has 0 N–H and O–H groups in total. The highest BCUT2D eigenvalue weighted by Gasteiger charge is 2.20. The zero-order chi connectivity index (χ0) is 21.9. The van der Waals surface area contributed by atoms with Crippen molar-refractivity contribution < 1.29 is 22.4 Å². The average Bonchev–Trinajstić information content (AvgIpc) is 3.27. The van der Waals surface area contributed by atoms with Gasteiger partial charge >= 0.3 is 5.97 Å². The van der Waals surface area contributed by atoms with Gasteiger partial charge in [-0.25, -0.2) is 22.5 Å². The van der Waals surface area contributed by atoms with Gasteiger partial charge in [-0.2, -0.15) is 0 Å². The van der Waals surface area contributed by atoms with E-state index in [1.807, 2.05) is 11.5 Å². The first-order valence-electron chi connectivity index (χ1n) is 9.24. The minimum atomic E-state index is -3.56. The SMILES string of the molecule is CCCn1c(COC(=O)/C=C/c2ccc(Br)o2)nc2cc(S(=O)(=O)N(C)C)ccc21. The Morgan fingerprint density at radius 1 is 1.30 bits per heavy atom. The van der Waals surface area contributed by atoms with Crippen molar-refractivity contribution in [3.63, 3.8) is 0 Å². The molecule has 0 radical (unpaired) electrons. The third-order valence-corrected chi connectivity index (χ3v) is 6.58. The van der Waals surface area contributed by atoms with Crippen molar-refractivity contribution in [2.75, 3.05) is 14.1 Å². The molecule has 0 aliphatic carbocycles. The molecule has 0 atom stereocenters. The number of ether oxygens (including phenoxy) is 1. The summed E-state index contributed by atoms with van der Waals surface area (Å²) in [6, 6.07) is 8.27. The number of esters is 1. The van der Waals surface area contributed by atoms with E-state index in [1.54, 1.807) is 24.3 Å². The van der Waals surface area contributed by atoms with E-state index in [-0.39, 0.29) is 11.5 Å². The number of sulfonamides is 1. The number of benzene rings is 1. The van der Waals surface area contributed by atoms with Crippen LogP contribution in [0.3, 0.4) is 0 Å². The van der Waals surface area contributed by atoms with Gasteiger partial charge in [-0.05, 0) is 58.8 Å². The Morgan fingerprint density at radius 2 is 2.07 bits per heavy atom. The number of furan rings is 1. The molecule has 0 aliphatic rings. The van der Waals surface area contributed by atoms with Crippen LogP contribution >= 0.6 is 15.9 Å². The highest BCUT2D eigenvalue weighted by Crippen LogP contribution is 2.23. The molecule has 10 heteroatoms. The summed E-state index contributed by atoms with van der Waals surface area (Å²) in [5.74, 6) is 0.536. The van der Waals surface area contributed by atoms with Crippen molar-refractivity contribution in [1.29, 1.82) is 0 Å². The van der Waals surface area contributed by atoms with Gasteiger partial charge < -0.3 is 13.7 Å². The van der Waals surface area contributed by atoms with Gasteiger partial charge in [-0.3, -0.25) is 0 Å². The van der Waals surface area contributed by atoms with Crippen LogP contribution in [0.4, 0.5) is 0 Å². The zero-order valence-corrected chi connectivity index (χ0v) is 19.2. The molecule has 3 rings (SSSR count). The molecule has 30 heavy (non-hydrogen) atoms. The predicted molar refractivity (Wildman–Crippen MR) is 116 cm³/mol. The van der Waals surface area contributed by atoms with Crippen LogP contribution in [0.15, 0.2) is 50.4 Å². The topological polar surface area (TPSA) is 94.6 Å². The van der Waals surface area contributed by atoms with E-state index in [2.05, 4.69) is 20.9 Å². The third kappa shape index (κ3) is 4.82. The summed E-state index contributed by atoms with van der Waals surface area (Å²) in [5, 5.41) is 0.